The molecule has 0 unspecified atom stereocenters. The standard InChI is InChI=1S/C13H20ClN3O/c1-13(2,3)17-12(18)6-7-16-11-8-9(14)4-5-10(11)15/h4-5,8,16H,6-7,15H2,1-3H3,(H,17,18). The molecule has 0 saturated heterocycles. The predicted molar refractivity (Wildman–Crippen MR) is 76.9 cm³/mol. The summed E-state index contributed by atoms with van der Waals surface area (Å²) < 4.78 is 0. The van der Waals surface area contributed by atoms with Gasteiger partial charge in [-0.1, -0.05) is 11.6 Å². The molecule has 5 heteroatoms. The number of nitrogen functional groups attached to an aromatic ring is 1. The van der Waals surface area contributed by atoms with E-state index in [9.17, 15) is 4.79 Å². The molecule has 4 N–H and O–H groups in total. The number of hydrogen-bond donors (Lipinski definition) is 3. The number of halogens is 1. The lowest BCUT2D eigenvalue weighted by atomic mass is 10.1. The highest BCUT2D eigenvalue weighted by Gasteiger charge is 2.13. The lowest BCUT2D eigenvalue weighted by molar-refractivity contribution is -0.122. The van der Waals surface area contributed by atoms with Crippen LogP contribution in [0.3, 0.4) is 0 Å². The molecule has 4 nitrogen and oxygen atoms in total. The van der Waals surface area contributed by atoms with E-state index >= 15 is 0 Å². The van der Waals surface area contributed by atoms with Gasteiger partial charge in [0.15, 0.2) is 0 Å². The number of anilines is 2. The SMILES string of the molecule is CC(C)(C)NC(=O)CCNc1cc(Cl)ccc1N. The maximum atomic E-state index is 11.6. The molecule has 0 aliphatic heterocycles. The lowest BCUT2D eigenvalue weighted by Crippen LogP contribution is -2.41. The Bertz CT molecular complexity index is 427. The summed E-state index contributed by atoms with van der Waals surface area (Å²) in [5.74, 6) is 0.00981. The van der Waals surface area contributed by atoms with Gasteiger partial charge in [0.1, 0.15) is 0 Å². The number of rotatable bonds is 4. The van der Waals surface area contributed by atoms with Crippen molar-refractivity contribution in [2.24, 2.45) is 0 Å². The third kappa shape index (κ3) is 5.27. The maximum absolute atomic E-state index is 11.6. The molecular weight excluding hydrogens is 250 g/mol. The van der Waals surface area contributed by atoms with Gasteiger partial charge in [-0.25, -0.2) is 0 Å². The van der Waals surface area contributed by atoms with Gasteiger partial charge in [-0.05, 0) is 39.0 Å². The van der Waals surface area contributed by atoms with Gasteiger partial charge in [0.2, 0.25) is 5.91 Å². The summed E-state index contributed by atoms with van der Waals surface area (Å²) >= 11 is 5.87. The normalized spacial score (nSPS) is 11.1. The zero-order valence-corrected chi connectivity index (χ0v) is 11.8. The molecule has 1 rings (SSSR count). The highest BCUT2D eigenvalue weighted by molar-refractivity contribution is 6.31. The molecule has 0 spiro atoms. The molecule has 1 aromatic carbocycles. The number of benzene rings is 1. The van der Waals surface area contributed by atoms with Crippen LogP contribution >= 0.6 is 11.6 Å². The molecule has 0 atom stereocenters. The van der Waals surface area contributed by atoms with Crippen molar-refractivity contribution in [2.75, 3.05) is 17.6 Å². The number of nitrogens with one attached hydrogen (secondary N) is 2. The first-order valence-electron chi connectivity index (χ1n) is 5.88. The van der Waals surface area contributed by atoms with Crippen LogP contribution in [0.5, 0.6) is 0 Å². The van der Waals surface area contributed by atoms with Crippen LogP contribution in [0.25, 0.3) is 0 Å². The van der Waals surface area contributed by atoms with Crippen molar-refractivity contribution in [1.82, 2.24) is 5.32 Å². The van der Waals surface area contributed by atoms with Crippen molar-refractivity contribution in [1.29, 1.82) is 0 Å². The molecule has 0 aliphatic rings. The van der Waals surface area contributed by atoms with E-state index in [0.717, 1.165) is 5.69 Å². The van der Waals surface area contributed by atoms with E-state index in [4.69, 9.17) is 17.3 Å². The fourth-order valence-corrected chi connectivity index (χ4v) is 1.65. The van der Waals surface area contributed by atoms with Crippen molar-refractivity contribution in [3.05, 3.63) is 23.2 Å². The van der Waals surface area contributed by atoms with Crippen molar-refractivity contribution >= 4 is 28.9 Å². The average molecular weight is 270 g/mol. The van der Waals surface area contributed by atoms with Gasteiger partial charge < -0.3 is 16.4 Å². The first kappa shape index (κ1) is 14.6. The molecule has 0 radical (unpaired) electrons. The van der Waals surface area contributed by atoms with Crippen LogP contribution in [0, 0.1) is 0 Å². The number of carbonyl (C=O) groups is 1. The van der Waals surface area contributed by atoms with Crippen LogP contribution in [-0.2, 0) is 4.79 Å². The highest BCUT2D eigenvalue weighted by atomic mass is 35.5. The van der Waals surface area contributed by atoms with E-state index in [1.165, 1.54) is 0 Å². The molecule has 100 valence electrons. The quantitative estimate of drug-likeness (QED) is 0.736. The molecule has 1 aromatic rings. The van der Waals surface area contributed by atoms with Gasteiger partial charge in [0, 0.05) is 23.5 Å². The Balaban J connectivity index is 2.42. The largest absolute Gasteiger partial charge is 0.397 e. The molecular formula is C13H20ClN3O. The summed E-state index contributed by atoms with van der Waals surface area (Å²) in [6.07, 6.45) is 0.392. The van der Waals surface area contributed by atoms with E-state index in [1.54, 1.807) is 18.2 Å². The fraction of sp³-hybridized carbons (Fsp3) is 0.462. The van der Waals surface area contributed by atoms with Gasteiger partial charge in [-0.3, -0.25) is 4.79 Å². The van der Waals surface area contributed by atoms with Crippen LogP contribution in [-0.4, -0.2) is 18.0 Å². The zero-order chi connectivity index (χ0) is 13.8. The third-order valence-corrected chi connectivity index (χ3v) is 2.43. The molecule has 0 heterocycles. The molecule has 1 amide bonds. The van der Waals surface area contributed by atoms with Crippen molar-refractivity contribution in [2.45, 2.75) is 32.7 Å². The maximum Gasteiger partial charge on any atom is 0.222 e. The van der Waals surface area contributed by atoms with Gasteiger partial charge >= 0.3 is 0 Å². The minimum Gasteiger partial charge on any atom is -0.397 e. The summed E-state index contributed by atoms with van der Waals surface area (Å²) in [5.41, 5.74) is 6.96. The van der Waals surface area contributed by atoms with Crippen LogP contribution in [0.15, 0.2) is 18.2 Å². The predicted octanol–water partition coefficient (Wildman–Crippen LogP) is 2.64. The first-order valence-corrected chi connectivity index (χ1v) is 6.25. The van der Waals surface area contributed by atoms with Crippen molar-refractivity contribution in [3.63, 3.8) is 0 Å². The molecule has 18 heavy (non-hydrogen) atoms. The Kier molecular flexibility index (Phi) is 4.84. The van der Waals surface area contributed by atoms with E-state index in [1.807, 2.05) is 20.8 Å². The van der Waals surface area contributed by atoms with Crippen LogP contribution in [0.1, 0.15) is 27.2 Å². The Morgan fingerprint density at radius 1 is 1.39 bits per heavy atom. The topological polar surface area (TPSA) is 67.2 Å². The number of nitrogens with two attached hydrogens (primary N) is 1. The van der Waals surface area contributed by atoms with E-state index in [2.05, 4.69) is 10.6 Å². The lowest BCUT2D eigenvalue weighted by Gasteiger charge is -2.20. The number of hydrogen-bond acceptors (Lipinski definition) is 3. The van der Waals surface area contributed by atoms with Crippen molar-refractivity contribution in [3.8, 4) is 0 Å². The van der Waals surface area contributed by atoms with Gasteiger partial charge in [0.05, 0.1) is 11.4 Å². The fourth-order valence-electron chi connectivity index (χ4n) is 1.47. The molecule has 0 aromatic heterocycles. The van der Waals surface area contributed by atoms with E-state index < -0.39 is 0 Å². The second-order valence-electron chi connectivity index (χ2n) is 5.21. The summed E-state index contributed by atoms with van der Waals surface area (Å²) in [6.45, 7) is 6.38. The minimum atomic E-state index is -0.202. The Labute approximate surface area is 113 Å². The molecule has 0 bridgehead atoms. The van der Waals surface area contributed by atoms with Gasteiger partial charge in [-0.2, -0.15) is 0 Å². The zero-order valence-electron chi connectivity index (χ0n) is 11.0. The summed E-state index contributed by atoms with van der Waals surface area (Å²) in [6, 6.07) is 5.22. The van der Waals surface area contributed by atoms with Crippen LogP contribution in [0.4, 0.5) is 11.4 Å². The van der Waals surface area contributed by atoms with E-state index in [-0.39, 0.29) is 11.4 Å². The highest BCUT2D eigenvalue weighted by Crippen LogP contribution is 2.22. The molecule has 0 fully saturated rings. The second kappa shape index (κ2) is 5.96. The van der Waals surface area contributed by atoms with Crippen LogP contribution < -0.4 is 16.4 Å². The first-order chi connectivity index (χ1) is 8.28. The van der Waals surface area contributed by atoms with Gasteiger partial charge in [0.25, 0.3) is 0 Å². The Morgan fingerprint density at radius 3 is 2.67 bits per heavy atom. The molecule has 0 saturated carbocycles. The third-order valence-electron chi connectivity index (χ3n) is 2.20. The number of carbonyl (C=O) groups excluding carboxylic acids is 1. The summed E-state index contributed by atoms with van der Waals surface area (Å²) in [4.78, 5) is 11.6. The smallest absolute Gasteiger partial charge is 0.222 e. The van der Waals surface area contributed by atoms with E-state index in [0.29, 0.717) is 23.7 Å². The monoisotopic (exact) mass is 269 g/mol. The molecule has 0 aliphatic carbocycles. The minimum absolute atomic E-state index is 0.00981. The number of amides is 1. The Hall–Kier alpha value is -1.42. The van der Waals surface area contributed by atoms with Crippen LogP contribution in [0.2, 0.25) is 5.02 Å². The average Bonchev–Trinajstić information content (AvgIpc) is 2.20. The second-order valence-corrected chi connectivity index (χ2v) is 5.64. The van der Waals surface area contributed by atoms with Crippen molar-refractivity contribution < 1.29 is 4.79 Å². The summed E-state index contributed by atoms with van der Waals surface area (Å²) in [5, 5.41) is 6.61. The Morgan fingerprint density at radius 2 is 2.06 bits per heavy atom. The summed E-state index contributed by atoms with van der Waals surface area (Å²) in [7, 11) is 0. The van der Waals surface area contributed by atoms with Gasteiger partial charge in [-0.15, -0.1) is 0 Å².